The number of carbonyl (C=O) groups is 1. The number of ether oxygens (including phenoxy) is 1. The Hall–Kier alpha value is -3.63. The number of carbonyl (C=O) groups excluding carboxylic acids is 1. The molecule has 0 radical (unpaired) electrons. The first kappa shape index (κ1) is 25.0. The van der Waals surface area contributed by atoms with Crippen molar-refractivity contribution in [2.45, 2.75) is 6.92 Å². The largest absolute Gasteiger partial charge is 0.497 e. The number of thiocarbonyl (C=S) groups is 1. The highest BCUT2D eigenvalue weighted by molar-refractivity contribution is 8.26. The zero-order chi connectivity index (χ0) is 26.1. The van der Waals surface area contributed by atoms with Crippen LogP contribution in [0.1, 0.15) is 11.1 Å². The van der Waals surface area contributed by atoms with Gasteiger partial charge in [0.25, 0.3) is 11.5 Å². The molecule has 1 amide bonds. The van der Waals surface area contributed by atoms with Gasteiger partial charge in [-0.3, -0.25) is 18.9 Å². The van der Waals surface area contributed by atoms with E-state index in [0.29, 0.717) is 45.9 Å². The van der Waals surface area contributed by atoms with Crippen molar-refractivity contribution < 1.29 is 9.53 Å². The lowest BCUT2D eigenvalue weighted by molar-refractivity contribution is -0.121. The monoisotopic (exact) mass is 533 g/mol. The Labute approximate surface area is 224 Å². The second-order valence-corrected chi connectivity index (χ2v) is 10.5. The van der Waals surface area contributed by atoms with E-state index in [1.54, 1.807) is 29.9 Å². The first-order valence-corrected chi connectivity index (χ1v) is 13.2. The van der Waals surface area contributed by atoms with Crippen molar-refractivity contribution in [3.63, 3.8) is 0 Å². The van der Waals surface area contributed by atoms with Crippen molar-refractivity contribution >= 4 is 57.4 Å². The smallest absolute Gasteiger partial charge is 0.267 e. The highest BCUT2D eigenvalue weighted by Crippen LogP contribution is 2.34. The molecule has 3 aromatic rings. The molecule has 190 valence electrons. The van der Waals surface area contributed by atoms with Crippen molar-refractivity contribution in [3.8, 4) is 5.75 Å². The van der Waals surface area contributed by atoms with E-state index in [9.17, 15) is 9.59 Å². The summed E-state index contributed by atoms with van der Waals surface area (Å²) in [6.45, 7) is 8.87. The van der Waals surface area contributed by atoms with Crippen LogP contribution in [0.3, 0.4) is 0 Å². The lowest BCUT2D eigenvalue weighted by Gasteiger charge is -2.37. The van der Waals surface area contributed by atoms with Gasteiger partial charge in [0.05, 0.1) is 17.6 Å². The summed E-state index contributed by atoms with van der Waals surface area (Å²) in [6, 6.07) is 11.8. The molecule has 37 heavy (non-hydrogen) atoms. The molecule has 0 aliphatic carbocycles. The summed E-state index contributed by atoms with van der Waals surface area (Å²) in [5.41, 5.74) is 2.81. The van der Waals surface area contributed by atoms with Gasteiger partial charge in [0.15, 0.2) is 0 Å². The molecule has 5 rings (SSSR count). The van der Waals surface area contributed by atoms with Gasteiger partial charge in [-0.15, -0.1) is 6.58 Å². The van der Waals surface area contributed by atoms with E-state index in [-0.39, 0.29) is 11.5 Å². The van der Waals surface area contributed by atoms with Gasteiger partial charge in [-0.25, -0.2) is 4.98 Å². The van der Waals surface area contributed by atoms with Crippen molar-refractivity contribution in [1.29, 1.82) is 0 Å². The highest BCUT2D eigenvalue weighted by atomic mass is 32.2. The van der Waals surface area contributed by atoms with Crippen LogP contribution in [0, 0.1) is 6.92 Å². The molecule has 0 bridgehead atoms. The first-order valence-electron chi connectivity index (χ1n) is 11.9. The predicted molar refractivity (Wildman–Crippen MR) is 154 cm³/mol. The Balaban J connectivity index is 1.52. The Morgan fingerprint density at radius 1 is 1.11 bits per heavy atom. The average molecular weight is 534 g/mol. The average Bonchev–Trinajstić information content (AvgIpc) is 3.18. The number of anilines is 2. The van der Waals surface area contributed by atoms with Crippen LogP contribution in [0.2, 0.25) is 0 Å². The Morgan fingerprint density at radius 3 is 2.49 bits per heavy atom. The van der Waals surface area contributed by atoms with Crippen LogP contribution in [0.5, 0.6) is 5.75 Å². The van der Waals surface area contributed by atoms with E-state index in [1.165, 1.54) is 16.7 Å². The lowest BCUT2D eigenvalue weighted by Crippen LogP contribution is -2.47. The fourth-order valence-electron chi connectivity index (χ4n) is 4.55. The molecule has 4 heterocycles. The van der Waals surface area contributed by atoms with Gasteiger partial charge >= 0.3 is 0 Å². The van der Waals surface area contributed by atoms with Crippen LogP contribution in [0.25, 0.3) is 11.7 Å². The van der Waals surface area contributed by atoms with Crippen LogP contribution >= 0.6 is 24.0 Å². The quantitative estimate of drug-likeness (QED) is 0.270. The predicted octanol–water partition coefficient (Wildman–Crippen LogP) is 3.73. The van der Waals surface area contributed by atoms with E-state index >= 15 is 0 Å². The number of benzene rings is 1. The number of piperazine rings is 1. The minimum absolute atomic E-state index is 0.213. The van der Waals surface area contributed by atoms with E-state index in [4.69, 9.17) is 21.9 Å². The Kier molecular flexibility index (Phi) is 7.03. The molecular weight excluding hydrogens is 506 g/mol. The second kappa shape index (κ2) is 10.4. The zero-order valence-electron chi connectivity index (χ0n) is 20.7. The van der Waals surface area contributed by atoms with Crippen molar-refractivity contribution in [3.05, 3.63) is 81.6 Å². The molecule has 2 aliphatic rings. The maximum absolute atomic E-state index is 13.7. The third-order valence-corrected chi connectivity index (χ3v) is 7.92. The SMILES string of the molecule is C=CCN1C(=O)/C(=C\c2c(N3CCN(c4ccc(OC)cc4)CC3)nc3c(C)cccn3c2=O)SC1=S. The second-order valence-electron chi connectivity index (χ2n) is 8.79. The molecule has 2 fully saturated rings. The van der Waals surface area contributed by atoms with Gasteiger partial charge in [-0.05, 0) is 48.9 Å². The van der Waals surface area contributed by atoms with Gasteiger partial charge in [-0.1, -0.05) is 36.1 Å². The fourth-order valence-corrected chi connectivity index (χ4v) is 5.81. The summed E-state index contributed by atoms with van der Waals surface area (Å²) in [6.07, 6.45) is 5.00. The number of hydrogen-bond donors (Lipinski definition) is 0. The molecule has 2 saturated heterocycles. The maximum Gasteiger partial charge on any atom is 0.267 e. The number of thioether (sulfide) groups is 1. The molecule has 2 aliphatic heterocycles. The number of fused-ring (bicyclic) bond motifs is 1. The number of nitrogens with zero attached hydrogens (tertiary/aromatic N) is 5. The van der Waals surface area contributed by atoms with E-state index in [1.807, 2.05) is 31.2 Å². The van der Waals surface area contributed by atoms with Crippen molar-refractivity contribution in [1.82, 2.24) is 14.3 Å². The summed E-state index contributed by atoms with van der Waals surface area (Å²) in [7, 11) is 1.66. The third kappa shape index (κ3) is 4.74. The molecule has 0 spiro atoms. The van der Waals surface area contributed by atoms with E-state index in [0.717, 1.165) is 30.1 Å². The summed E-state index contributed by atoms with van der Waals surface area (Å²) in [5, 5.41) is 0. The topological polar surface area (TPSA) is 70.4 Å². The molecule has 2 aromatic heterocycles. The normalized spacial score (nSPS) is 17.2. The minimum atomic E-state index is -0.223. The molecule has 8 nitrogen and oxygen atoms in total. The summed E-state index contributed by atoms with van der Waals surface area (Å²) in [4.78, 5) is 38.0. The van der Waals surface area contributed by atoms with Crippen LogP contribution in [0.4, 0.5) is 11.5 Å². The van der Waals surface area contributed by atoms with Gasteiger partial charge in [0.1, 0.15) is 21.5 Å². The maximum atomic E-state index is 13.7. The summed E-state index contributed by atoms with van der Waals surface area (Å²) >= 11 is 6.59. The van der Waals surface area contributed by atoms with E-state index < -0.39 is 0 Å². The molecule has 0 atom stereocenters. The molecule has 0 N–H and O–H groups in total. The zero-order valence-corrected chi connectivity index (χ0v) is 22.3. The number of pyridine rings is 1. The number of amides is 1. The Morgan fingerprint density at radius 2 is 1.81 bits per heavy atom. The Bertz CT molecular complexity index is 1470. The number of methoxy groups -OCH3 is 1. The van der Waals surface area contributed by atoms with Gasteiger partial charge in [0, 0.05) is 44.6 Å². The third-order valence-electron chi connectivity index (χ3n) is 6.54. The molecular formula is C27H27N5O3S2. The molecule has 1 aromatic carbocycles. The van der Waals surface area contributed by atoms with Crippen LogP contribution in [0.15, 0.2) is 64.9 Å². The van der Waals surface area contributed by atoms with Gasteiger partial charge < -0.3 is 14.5 Å². The van der Waals surface area contributed by atoms with E-state index in [2.05, 4.69) is 28.5 Å². The van der Waals surface area contributed by atoms with Gasteiger partial charge in [-0.2, -0.15) is 0 Å². The minimum Gasteiger partial charge on any atom is -0.497 e. The molecule has 0 unspecified atom stereocenters. The van der Waals surface area contributed by atoms with Crippen molar-refractivity contribution in [2.24, 2.45) is 0 Å². The number of hydrogen-bond acceptors (Lipinski definition) is 8. The molecule has 10 heteroatoms. The highest BCUT2D eigenvalue weighted by Gasteiger charge is 2.32. The summed E-state index contributed by atoms with van der Waals surface area (Å²) < 4.78 is 7.27. The summed E-state index contributed by atoms with van der Waals surface area (Å²) in [5.74, 6) is 1.18. The van der Waals surface area contributed by atoms with Crippen LogP contribution < -0.4 is 20.1 Å². The standard InChI is InChI=1S/C27H27N5O3S2/c1-4-11-32-26(34)22(37-27(32)36)17-21-24(28-23-18(2)6-5-12-31(23)25(21)33)30-15-13-29(14-16-30)19-7-9-20(35-3)10-8-19/h4-10,12,17H,1,11,13-16H2,2-3H3/b22-17+. The number of rotatable bonds is 6. The van der Waals surface area contributed by atoms with Crippen molar-refractivity contribution in [2.75, 3.05) is 49.6 Å². The van der Waals surface area contributed by atoms with Gasteiger partial charge in [0.2, 0.25) is 0 Å². The fraction of sp³-hybridized carbons (Fsp3) is 0.259. The number of aryl methyl sites for hydroxylation is 1. The van der Waals surface area contributed by atoms with Crippen LogP contribution in [-0.4, -0.2) is 64.3 Å². The molecule has 0 saturated carbocycles. The lowest BCUT2D eigenvalue weighted by atomic mass is 10.2. The van der Waals surface area contributed by atoms with Crippen LogP contribution in [-0.2, 0) is 4.79 Å². The first-order chi connectivity index (χ1) is 17.9. The number of aromatic nitrogens is 2.